The van der Waals surface area contributed by atoms with E-state index in [0.29, 0.717) is 0 Å². The Hall–Kier alpha value is -1.37. The van der Waals surface area contributed by atoms with Gasteiger partial charge in [0.2, 0.25) is 5.95 Å². The number of aryl methyl sites for hydroxylation is 2. The van der Waals surface area contributed by atoms with Crippen LogP contribution in [0.2, 0.25) is 0 Å². The Kier molecular flexibility index (Phi) is 3.46. The lowest BCUT2D eigenvalue weighted by Crippen LogP contribution is -2.01. The fourth-order valence-electron chi connectivity index (χ4n) is 1.47. The Labute approximate surface area is 114 Å². The van der Waals surface area contributed by atoms with Gasteiger partial charge in [-0.1, -0.05) is 6.07 Å². The number of nitrogens with zero attached hydrogens (tertiary/aromatic N) is 2. The molecule has 3 N–H and O–H groups in total. The highest BCUT2D eigenvalue weighted by molar-refractivity contribution is 14.1. The van der Waals surface area contributed by atoms with Crippen molar-refractivity contribution in [3.05, 3.63) is 39.1 Å². The molecule has 1 aromatic carbocycles. The predicted molar refractivity (Wildman–Crippen MR) is 78.4 cm³/mol. The first kappa shape index (κ1) is 12.1. The van der Waals surface area contributed by atoms with E-state index in [1.165, 1.54) is 9.13 Å². The van der Waals surface area contributed by atoms with Gasteiger partial charge in [-0.25, -0.2) is 4.98 Å². The lowest BCUT2D eigenvalue weighted by molar-refractivity contribution is 1.12. The standard InChI is InChI=1S/C12H13IN4/c1-7-3-4-9(6-10(7)13)16-11-5-8(2)15-12(14)17-11/h3-6H,1-2H3,(H3,14,15,16,17). The molecule has 0 aliphatic rings. The van der Waals surface area contributed by atoms with Crippen molar-refractivity contribution in [1.82, 2.24) is 9.97 Å². The van der Waals surface area contributed by atoms with Gasteiger partial charge in [-0.05, 0) is 54.1 Å². The maximum Gasteiger partial charge on any atom is 0.222 e. The number of rotatable bonds is 2. The molecule has 17 heavy (non-hydrogen) atoms. The van der Waals surface area contributed by atoms with Crippen molar-refractivity contribution in [3.8, 4) is 0 Å². The van der Waals surface area contributed by atoms with Gasteiger partial charge in [0.15, 0.2) is 0 Å². The second kappa shape index (κ2) is 4.87. The van der Waals surface area contributed by atoms with Gasteiger partial charge in [0.05, 0.1) is 0 Å². The Balaban J connectivity index is 2.28. The van der Waals surface area contributed by atoms with Crippen LogP contribution in [0.1, 0.15) is 11.3 Å². The number of halogens is 1. The number of hydrogen-bond donors (Lipinski definition) is 2. The third-order valence-corrected chi connectivity index (χ3v) is 3.48. The molecule has 0 unspecified atom stereocenters. The molecule has 0 aliphatic carbocycles. The van der Waals surface area contributed by atoms with Crippen molar-refractivity contribution >= 4 is 40.0 Å². The third kappa shape index (κ3) is 3.06. The molecule has 0 aliphatic heterocycles. The van der Waals surface area contributed by atoms with Crippen molar-refractivity contribution in [3.63, 3.8) is 0 Å². The van der Waals surface area contributed by atoms with Gasteiger partial charge in [0.1, 0.15) is 5.82 Å². The van der Waals surface area contributed by atoms with Crippen molar-refractivity contribution in [1.29, 1.82) is 0 Å². The molecular weight excluding hydrogens is 327 g/mol. The lowest BCUT2D eigenvalue weighted by atomic mass is 10.2. The molecule has 0 saturated carbocycles. The van der Waals surface area contributed by atoms with Crippen LogP contribution in [0.3, 0.4) is 0 Å². The van der Waals surface area contributed by atoms with Crippen LogP contribution in [-0.2, 0) is 0 Å². The number of nitrogens with one attached hydrogen (secondary N) is 1. The SMILES string of the molecule is Cc1cc(Nc2ccc(C)c(I)c2)nc(N)n1. The molecule has 0 amide bonds. The van der Waals surface area contributed by atoms with Crippen LogP contribution in [0.15, 0.2) is 24.3 Å². The molecule has 0 bridgehead atoms. The van der Waals surface area contributed by atoms with Crippen molar-refractivity contribution in [2.75, 3.05) is 11.1 Å². The second-order valence-electron chi connectivity index (χ2n) is 3.84. The normalized spacial score (nSPS) is 10.3. The molecular formula is C12H13IN4. The number of hydrogen-bond acceptors (Lipinski definition) is 4. The Morgan fingerprint density at radius 1 is 1.18 bits per heavy atom. The van der Waals surface area contributed by atoms with Gasteiger partial charge in [-0.3, -0.25) is 0 Å². The molecule has 0 spiro atoms. The van der Waals surface area contributed by atoms with E-state index in [0.717, 1.165) is 17.2 Å². The van der Waals surface area contributed by atoms with Crippen LogP contribution in [0, 0.1) is 17.4 Å². The van der Waals surface area contributed by atoms with Crippen LogP contribution in [0.25, 0.3) is 0 Å². The monoisotopic (exact) mass is 340 g/mol. The maximum absolute atomic E-state index is 5.60. The zero-order valence-corrected chi connectivity index (χ0v) is 11.8. The van der Waals surface area contributed by atoms with E-state index in [1.54, 1.807) is 0 Å². The number of benzene rings is 1. The molecule has 1 heterocycles. The van der Waals surface area contributed by atoms with Gasteiger partial charge >= 0.3 is 0 Å². The van der Waals surface area contributed by atoms with Gasteiger partial charge < -0.3 is 11.1 Å². The van der Waals surface area contributed by atoms with E-state index in [1.807, 2.05) is 19.1 Å². The van der Waals surface area contributed by atoms with Crippen LogP contribution in [0.5, 0.6) is 0 Å². The number of nitrogen functional groups attached to an aromatic ring is 1. The fraction of sp³-hybridized carbons (Fsp3) is 0.167. The molecule has 2 rings (SSSR count). The molecule has 1 aromatic heterocycles. The summed E-state index contributed by atoms with van der Waals surface area (Å²) >= 11 is 2.31. The molecule has 0 saturated heterocycles. The van der Waals surface area contributed by atoms with E-state index in [4.69, 9.17) is 5.73 Å². The quantitative estimate of drug-likeness (QED) is 0.825. The van der Waals surface area contributed by atoms with E-state index >= 15 is 0 Å². The van der Waals surface area contributed by atoms with Gasteiger partial charge in [0.25, 0.3) is 0 Å². The summed E-state index contributed by atoms with van der Waals surface area (Å²) < 4.78 is 1.21. The summed E-state index contributed by atoms with van der Waals surface area (Å²) in [6.45, 7) is 3.97. The van der Waals surface area contributed by atoms with Crippen LogP contribution >= 0.6 is 22.6 Å². The summed E-state index contributed by atoms with van der Waals surface area (Å²) in [5.74, 6) is 1.00. The summed E-state index contributed by atoms with van der Waals surface area (Å²) in [5, 5.41) is 3.22. The molecule has 2 aromatic rings. The van der Waals surface area contributed by atoms with E-state index in [-0.39, 0.29) is 5.95 Å². The minimum atomic E-state index is 0.286. The highest BCUT2D eigenvalue weighted by Gasteiger charge is 2.01. The van der Waals surface area contributed by atoms with Gasteiger partial charge in [-0.15, -0.1) is 0 Å². The first-order chi connectivity index (χ1) is 8.04. The van der Waals surface area contributed by atoms with Crippen molar-refractivity contribution in [2.24, 2.45) is 0 Å². The Bertz CT molecular complexity index is 534. The van der Waals surface area contributed by atoms with Gasteiger partial charge in [-0.2, -0.15) is 4.98 Å². The number of aromatic nitrogens is 2. The largest absolute Gasteiger partial charge is 0.368 e. The Morgan fingerprint density at radius 2 is 1.94 bits per heavy atom. The molecule has 0 fully saturated rings. The first-order valence-electron chi connectivity index (χ1n) is 5.19. The molecule has 88 valence electrons. The summed E-state index contributed by atoms with van der Waals surface area (Å²) in [4.78, 5) is 8.17. The van der Waals surface area contributed by atoms with Crippen LogP contribution in [0.4, 0.5) is 17.5 Å². The molecule has 5 heteroatoms. The van der Waals surface area contributed by atoms with Crippen LogP contribution in [-0.4, -0.2) is 9.97 Å². The topological polar surface area (TPSA) is 63.8 Å². The third-order valence-electron chi connectivity index (χ3n) is 2.32. The van der Waals surface area contributed by atoms with E-state index in [2.05, 4.69) is 56.9 Å². The molecule has 0 atom stereocenters. The minimum absolute atomic E-state index is 0.286. The maximum atomic E-state index is 5.60. The average molecular weight is 340 g/mol. The van der Waals surface area contributed by atoms with Crippen molar-refractivity contribution in [2.45, 2.75) is 13.8 Å². The number of nitrogens with two attached hydrogens (primary N) is 1. The molecule has 4 nitrogen and oxygen atoms in total. The minimum Gasteiger partial charge on any atom is -0.368 e. The van der Waals surface area contributed by atoms with E-state index < -0.39 is 0 Å². The van der Waals surface area contributed by atoms with E-state index in [9.17, 15) is 0 Å². The summed E-state index contributed by atoms with van der Waals surface area (Å²) in [6, 6.07) is 8.03. The highest BCUT2D eigenvalue weighted by atomic mass is 127. The van der Waals surface area contributed by atoms with Gasteiger partial charge in [0, 0.05) is 21.0 Å². The molecule has 0 radical (unpaired) electrons. The average Bonchev–Trinajstić information content (AvgIpc) is 2.22. The summed E-state index contributed by atoms with van der Waals surface area (Å²) in [7, 11) is 0. The lowest BCUT2D eigenvalue weighted by Gasteiger charge is -2.08. The summed E-state index contributed by atoms with van der Waals surface area (Å²) in [6.07, 6.45) is 0. The zero-order chi connectivity index (χ0) is 12.4. The van der Waals surface area contributed by atoms with Crippen molar-refractivity contribution < 1.29 is 0 Å². The first-order valence-corrected chi connectivity index (χ1v) is 6.27. The number of anilines is 3. The smallest absolute Gasteiger partial charge is 0.222 e. The predicted octanol–water partition coefficient (Wildman–Crippen LogP) is 3.02. The van der Waals surface area contributed by atoms with Crippen LogP contribution < -0.4 is 11.1 Å². The zero-order valence-electron chi connectivity index (χ0n) is 9.66. The summed E-state index contributed by atoms with van der Waals surface area (Å²) in [5.41, 5.74) is 8.71. The highest BCUT2D eigenvalue weighted by Crippen LogP contribution is 2.20. The Morgan fingerprint density at radius 3 is 2.59 bits per heavy atom. The second-order valence-corrected chi connectivity index (χ2v) is 5.00. The fourth-order valence-corrected chi connectivity index (χ4v) is 1.99.